The van der Waals surface area contributed by atoms with Crippen LogP contribution in [0.4, 0.5) is 0 Å². The minimum absolute atomic E-state index is 0.160. The topological polar surface area (TPSA) is 108 Å². The highest BCUT2D eigenvalue weighted by Gasteiger charge is 2.37. The molecule has 0 radical (unpaired) electrons. The third-order valence-corrected chi connectivity index (χ3v) is 3.98. The van der Waals surface area contributed by atoms with Gasteiger partial charge in [-0.3, -0.25) is 14.4 Å². The molecular formula is C17H24N2O5. The van der Waals surface area contributed by atoms with Gasteiger partial charge in [-0.15, -0.1) is 0 Å². The highest BCUT2D eigenvalue weighted by atomic mass is 16.5. The van der Waals surface area contributed by atoms with Gasteiger partial charge in [0.15, 0.2) is 0 Å². The molecule has 2 heterocycles. The number of carboxylic acids is 1. The number of nitrogens with one attached hydrogen (secondary N) is 2. The number of carbonyl (C=O) groups is 2. The van der Waals surface area contributed by atoms with Gasteiger partial charge in [-0.2, -0.15) is 0 Å². The third-order valence-electron chi connectivity index (χ3n) is 3.98. The second-order valence-corrected chi connectivity index (χ2v) is 6.82. The van der Waals surface area contributed by atoms with E-state index in [-0.39, 0.29) is 24.2 Å². The number of carboxylic acid groups (broad SMARTS) is 1. The first-order valence-corrected chi connectivity index (χ1v) is 8.15. The van der Waals surface area contributed by atoms with Crippen LogP contribution >= 0.6 is 0 Å². The van der Waals surface area contributed by atoms with E-state index < -0.39 is 17.4 Å². The average molecular weight is 336 g/mol. The summed E-state index contributed by atoms with van der Waals surface area (Å²) in [5, 5.41) is 11.9. The standard InChI is InChI=1S/C17H24N2O5/c1-11(2)6-13-7-12(8-14(20)18-13)16(23)19-17(9-15(21)22)4-3-5-24-10-17/h7-8,11H,3-6,9-10H2,1-2H3,(H,18,20)(H,19,23)(H,21,22). The first-order chi connectivity index (χ1) is 11.3. The van der Waals surface area contributed by atoms with Gasteiger partial charge in [0.2, 0.25) is 5.56 Å². The van der Waals surface area contributed by atoms with Crippen molar-refractivity contribution in [3.05, 3.63) is 33.7 Å². The van der Waals surface area contributed by atoms with Crippen LogP contribution in [0.15, 0.2) is 16.9 Å². The number of carbonyl (C=O) groups excluding carboxylic acids is 1. The average Bonchev–Trinajstić information content (AvgIpc) is 2.45. The summed E-state index contributed by atoms with van der Waals surface area (Å²) < 4.78 is 5.38. The molecular weight excluding hydrogens is 312 g/mol. The molecule has 132 valence electrons. The lowest BCUT2D eigenvalue weighted by molar-refractivity contribution is -0.140. The van der Waals surface area contributed by atoms with E-state index in [1.54, 1.807) is 6.07 Å². The summed E-state index contributed by atoms with van der Waals surface area (Å²) in [7, 11) is 0. The van der Waals surface area contributed by atoms with Crippen molar-refractivity contribution in [1.29, 1.82) is 0 Å². The molecule has 3 N–H and O–H groups in total. The van der Waals surface area contributed by atoms with Crippen molar-refractivity contribution in [3.63, 3.8) is 0 Å². The Morgan fingerprint density at radius 2 is 2.17 bits per heavy atom. The second-order valence-electron chi connectivity index (χ2n) is 6.82. The normalized spacial score (nSPS) is 20.8. The van der Waals surface area contributed by atoms with Crippen molar-refractivity contribution in [2.24, 2.45) is 5.92 Å². The van der Waals surface area contributed by atoms with Gasteiger partial charge in [0.1, 0.15) is 0 Å². The molecule has 1 aromatic rings. The van der Waals surface area contributed by atoms with Gasteiger partial charge in [0.05, 0.1) is 18.6 Å². The van der Waals surface area contributed by atoms with Gasteiger partial charge in [-0.25, -0.2) is 0 Å². The van der Waals surface area contributed by atoms with Crippen LogP contribution in [-0.2, 0) is 16.0 Å². The Morgan fingerprint density at radius 1 is 1.42 bits per heavy atom. The summed E-state index contributed by atoms with van der Waals surface area (Å²) in [6.45, 7) is 4.76. The number of hydrogen-bond acceptors (Lipinski definition) is 4. The Labute approximate surface area is 140 Å². The quantitative estimate of drug-likeness (QED) is 0.726. The van der Waals surface area contributed by atoms with E-state index in [0.717, 1.165) is 0 Å². The molecule has 1 saturated heterocycles. The first kappa shape index (κ1) is 18.2. The molecule has 0 aromatic carbocycles. The summed E-state index contributed by atoms with van der Waals surface area (Å²) in [4.78, 5) is 38.3. The molecule has 1 aliphatic rings. The van der Waals surface area contributed by atoms with Crippen molar-refractivity contribution in [1.82, 2.24) is 10.3 Å². The van der Waals surface area contributed by atoms with E-state index in [1.165, 1.54) is 6.07 Å². The minimum Gasteiger partial charge on any atom is -0.481 e. The number of aromatic amines is 1. The molecule has 0 spiro atoms. The van der Waals surface area contributed by atoms with Crippen LogP contribution in [0.5, 0.6) is 0 Å². The van der Waals surface area contributed by atoms with E-state index in [4.69, 9.17) is 9.84 Å². The lowest BCUT2D eigenvalue weighted by Gasteiger charge is -2.36. The number of hydrogen-bond donors (Lipinski definition) is 3. The Hall–Kier alpha value is -2.15. The maximum Gasteiger partial charge on any atom is 0.305 e. The van der Waals surface area contributed by atoms with E-state index in [2.05, 4.69) is 10.3 Å². The molecule has 0 aliphatic carbocycles. The molecule has 0 saturated carbocycles. The molecule has 7 nitrogen and oxygen atoms in total. The lowest BCUT2D eigenvalue weighted by atomic mass is 9.88. The van der Waals surface area contributed by atoms with Crippen molar-refractivity contribution in [2.45, 2.75) is 45.1 Å². The van der Waals surface area contributed by atoms with Crippen LogP contribution in [0.1, 0.15) is 49.2 Å². The fourth-order valence-corrected chi connectivity index (χ4v) is 3.02. The summed E-state index contributed by atoms with van der Waals surface area (Å²) in [6.07, 6.45) is 1.66. The summed E-state index contributed by atoms with van der Waals surface area (Å²) >= 11 is 0. The number of aromatic nitrogens is 1. The van der Waals surface area contributed by atoms with Gasteiger partial charge in [-0.05, 0) is 31.2 Å². The molecule has 24 heavy (non-hydrogen) atoms. The molecule has 1 atom stereocenters. The van der Waals surface area contributed by atoms with Crippen LogP contribution in [0.25, 0.3) is 0 Å². The molecule has 0 bridgehead atoms. The van der Waals surface area contributed by atoms with Gasteiger partial charge >= 0.3 is 5.97 Å². The first-order valence-electron chi connectivity index (χ1n) is 8.15. The summed E-state index contributed by atoms with van der Waals surface area (Å²) in [6, 6.07) is 2.88. The number of amides is 1. The maximum absolute atomic E-state index is 12.6. The molecule has 1 aromatic heterocycles. The Balaban J connectivity index is 2.22. The smallest absolute Gasteiger partial charge is 0.305 e. The maximum atomic E-state index is 12.6. The molecule has 1 fully saturated rings. The van der Waals surface area contributed by atoms with Gasteiger partial charge in [0, 0.05) is 23.9 Å². The number of H-pyrrole nitrogens is 1. The fraction of sp³-hybridized carbons (Fsp3) is 0.588. The lowest BCUT2D eigenvalue weighted by Crippen LogP contribution is -2.55. The zero-order chi connectivity index (χ0) is 17.7. The molecule has 1 unspecified atom stereocenters. The van der Waals surface area contributed by atoms with Gasteiger partial charge in [0.25, 0.3) is 5.91 Å². The number of aliphatic carboxylic acids is 1. The van der Waals surface area contributed by atoms with Crippen LogP contribution in [-0.4, -0.2) is 40.7 Å². The molecule has 1 amide bonds. The summed E-state index contributed by atoms with van der Waals surface area (Å²) in [5.41, 5.74) is -0.341. The number of rotatable bonds is 6. The predicted octanol–water partition coefficient (Wildman–Crippen LogP) is 1.33. The van der Waals surface area contributed by atoms with Gasteiger partial charge < -0.3 is 20.1 Å². The SMILES string of the molecule is CC(C)Cc1cc(C(=O)NC2(CC(=O)O)CCCOC2)cc(=O)[nH]1. The zero-order valence-corrected chi connectivity index (χ0v) is 14.1. The highest BCUT2D eigenvalue weighted by Crippen LogP contribution is 2.23. The molecule has 2 rings (SSSR count). The largest absolute Gasteiger partial charge is 0.481 e. The van der Waals surface area contributed by atoms with Crippen LogP contribution in [0.2, 0.25) is 0 Å². The van der Waals surface area contributed by atoms with Crippen molar-refractivity contribution in [3.8, 4) is 0 Å². The van der Waals surface area contributed by atoms with E-state index >= 15 is 0 Å². The van der Waals surface area contributed by atoms with Gasteiger partial charge in [-0.1, -0.05) is 13.8 Å². The number of ether oxygens (including phenoxy) is 1. The Bertz CT molecular complexity index is 659. The van der Waals surface area contributed by atoms with Crippen LogP contribution in [0, 0.1) is 5.92 Å². The molecule has 1 aliphatic heterocycles. The van der Waals surface area contributed by atoms with E-state index in [9.17, 15) is 14.4 Å². The highest BCUT2D eigenvalue weighted by molar-refractivity contribution is 5.95. The Morgan fingerprint density at radius 3 is 2.75 bits per heavy atom. The third kappa shape index (κ3) is 4.92. The second kappa shape index (κ2) is 7.61. The van der Waals surface area contributed by atoms with Crippen molar-refractivity contribution in [2.75, 3.05) is 13.2 Å². The van der Waals surface area contributed by atoms with Crippen LogP contribution in [0.3, 0.4) is 0 Å². The number of pyridine rings is 1. The Kier molecular flexibility index (Phi) is 5.77. The molecule has 7 heteroatoms. The van der Waals surface area contributed by atoms with E-state index in [0.29, 0.717) is 37.5 Å². The minimum atomic E-state index is -0.993. The summed E-state index contributed by atoms with van der Waals surface area (Å²) in [5.74, 6) is -1.10. The zero-order valence-electron chi connectivity index (χ0n) is 14.1. The predicted molar refractivity (Wildman–Crippen MR) is 88.1 cm³/mol. The van der Waals surface area contributed by atoms with E-state index in [1.807, 2.05) is 13.8 Å². The van der Waals surface area contributed by atoms with Crippen molar-refractivity contribution < 1.29 is 19.4 Å². The van der Waals surface area contributed by atoms with Crippen molar-refractivity contribution >= 4 is 11.9 Å². The monoisotopic (exact) mass is 336 g/mol. The fourth-order valence-electron chi connectivity index (χ4n) is 3.02. The van der Waals surface area contributed by atoms with Crippen LogP contribution < -0.4 is 10.9 Å².